The van der Waals surface area contributed by atoms with Crippen LogP contribution in [0.4, 0.5) is 0 Å². The fourth-order valence-electron chi connectivity index (χ4n) is 2.46. The molecule has 1 fully saturated rings. The van der Waals surface area contributed by atoms with Crippen LogP contribution in [0.1, 0.15) is 51.9 Å². The molecule has 0 saturated carbocycles. The highest BCUT2D eigenvalue weighted by atomic mass is 15.1. The minimum absolute atomic E-state index is 0.739. The van der Waals surface area contributed by atoms with Gasteiger partial charge in [0.15, 0.2) is 0 Å². The average molecular weight is 212 g/mol. The number of rotatable bonds is 6. The zero-order chi connectivity index (χ0) is 10.9. The van der Waals surface area contributed by atoms with Crippen LogP contribution in [-0.2, 0) is 0 Å². The van der Waals surface area contributed by atoms with E-state index >= 15 is 0 Å². The number of nitrogens with two attached hydrogens (primary N) is 1. The molecule has 0 aliphatic carbocycles. The van der Waals surface area contributed by atoms with Crippen molar-refractivity contribution in [2.45, 2.75) is 51.9 Å². The van der Waals surface area contributed by atoms with Gasteiger partial charge in [-0.1, -0.05) is 32.6 Å². The van der Waals surface area contributed by atoms with Gasteiger partial charge in [0.05, 0.1) is 0 Å². The van der Waals surface area contributed by atoms with Gasteiger partial charge in [0, 0.05) is 6.54 Å². The highest BCUT2D eigenvalue weighted by Crippen LogP contribution is 2.14. The Morgan fingerprint density at radius 3 is 2.33 bits per heavy atom. The summed E-state index contributed by atoms with van der Waals surface area (Å²) in [6.07, 6.45) is 9.61. The molecular weight excluding hydrogens is 184 g/mol. The van der Waals surface area contributed by atoms with Gasteiger partial charge < -0.3 is 10.6 Å². The molecule has 1 unspecified atom stereocenters. The third-order valence-corrected chi connectivity index (χ3v) is 3.51. The van der Waals surface area contributed by atoms with Crippen LogP contribution >= 0.6 is 0 Å². The predicted molar refractivity (Wildman–Crippen MR) is 67.0 cm³/mol. The Balaban J connectivity index is 2.22. The molecular formula is C13H28N2. The SMILES string of the molecule is CCCCC(CN)CN1CCCCCC1. The third-order valence-electron chi connectivity index (χ3n) is 3.51. The highest BCUT2D eigenvalue weighted by Gasteiger charge is 2.14. The van der Waals surface area contributed by atoms with Crippen LogP contribution in [0.3, 0.4) is 0 Å². The van der Waals surface area contributed by atoms with E-state index in [2.05, 4.69) is 11.8 Å². The summed E-state index contributed by atoms with van der Waals surface area (Å²) in [7, 11) is 0. The lowest BCUT2D eigenvalue weighted by molar-refractivity contribution is 0.232. The van der Waals surface area contributed by atoms with Crippen LogP contribution in [0.5, 0.6) is 0 Å². The number of hydrogen-bond donors (Lipinski definition) is 1. The van der Waals surface area contributed by atoms with Crippen molar-refractivity contribution < 1.29 is 0 Å². The molecule has 1 aliphatic heterocycles. The van der Waals surface area contributed by atoms with Crippen LogP contribution in [0.15, 0.2) is 0 Å². The molecule has 1 aliphatic rings. The Morgan fingerprint density at radius 1 is 1.13 bits per heavy atom. The van der Waals surface area contributed by atoms with E-state index < -0.39 is 0 Å². The van der Waals surface area contributed by atoms with Crippen molar-refractivity contribution in [2.75, 3.05) is 26.2 Å². The molecule has 0 radical (unpaired) electrons. The minimum Gasteiger partial charge on any atom is -0.330 e. The largest absolute Gasteiger partial charge is 0.330 e. The number of unbranched alkanes of at least 4 members (excludes halogenated alkanes) is 1. The molecule has 0 bridgehead atoms. The summed E-state index contributed by atoms with van der Waals surface area (Å²) in [5.74, 6) is 0.739. The van der Waals surface area contributed by atoms with Crippen LogP contribution in [0.25, 0.3) is 0 Å². The summed E-state index contributed by atoms with van der Waals surface area (Å²) in [4.78, 5) is 2.64. The first-order chi connectivity index (χ1) is 7.36. The normalized spacial score (nSPS) is 21.2. The summed E-state index contributed by atoms with van der Waals surface area (Å²) in [5.41, 5.74) is 5.84. The summed E-state index contributed by atoms with van der Waals surface area (Å²) in [6.45, 7) is 7.00. The van der Waals surface area contributed by atoms with Gasteiger partial charge in [0.25, 0.3) is 0 Å². The molecule has 2 N–H and O–H groups in total. The third kappa shape index (κ3) is 5.53. The van der Waals surface area contributed by atoms with Crippen molar-refractivity contribution in [1.29, 1.82) is 0 Å². The van der Waals surface area contributed by atoms with E-state index in [4.69, 9.17) is 5.73 Å². The van der Waals surface area contributed by atoms with Crippen molar-refractivity contribution in [1.82, 2.24) is 4.90 Å². The predicted octanol–water partition coefficient (Wildman–Crippen LogP) is 2.63. The van der Waals surface area contributed by atoms with Gasteiger partial charge in [0.2, 0.25) is 0 Å². The molecule has 15 heavy (non-hydrogen) atoms. The van der Waals surface area contributed by atoms with E-state index in [9.17, 15) is 0 Å². The quantitative estimate of drug-likeness (QED) is 0.733. The summed E-state index contributed by atoms with van der Waals surface area (Å²) < 4.78 is 0. The first-order valence-corrected chi connectivity index (χ1v) is 6.79. The van der Waals surface area contributed by atoms with Crippen LogP contribution in [-0.4, -0.2) is 31.1 Å². The maximum Gasteiger partial charge on any atom is 0.00217 e. The number of nitrogens with zero attached hydrogens (tertiary/aromatic N) is 1. The van der Waals surface area contributed by atoms with Gasteiger partial charge in [-0.3, -0.25) is 0 Å². The fraction of sp³-hybridized carbons (Fsp3) is 1.00. The molecule has 1 saturated heterocycles. The van der Waals surface area contributed by atoms with E-state index in [0.717, 1.165) is 12.5 Å². The van der Waals surface area contributed by atoms with E-state index in [0.29, 0.717) is 0 Å². The van der Waals surface area contributed by atoms with Crippen molar-refractivity contribution in [2.24, 2.45) is 11.7 Å². The summed E-state index contributed by atoms with van der Waals surface area (Å²) in [5, 5.41) is 0. The fourth-order valence-corrected chi connectivity index (χ4v) is 2.46. The zero-order valence-electron chi connectivity index (χ0n) is 10.4. The molecule has 0 aromatic carbocycles. The van der Waals surface area contributed by atoms with Gasteiger partial charge >= 0.3 is 0 Å². The maximum absolute atomic E-state index is 5.84. The second-order valence-electron chi connectivity index (χ2n) is 4.96. The molecule has 90 valence electrons. The van der Waals surface area contributed by atoms with Gasteiger partial charge in [-0.25, -0.2) is 0 Å². The topological polar surface area (TPSA) is 29.3 Å². The average Bonchev–Trinajstić information content (AvgIpc) is 2.52. The Labute approximate surface area is 95.2 Å². The smallest absolute Gasteiger partial charge is 0.00217 e. The van der Waals surface area contributed by atoms with Crippen molar-refractivity contribution in [3.05, 3.63) is 0 Å². The lowest BCUT2D eigenvalue weighted by Crippen LogP contribution is -2.33. The first kappa shape index (κ1) is 13.0. The van der Waals surface area contributed by atoms with Gasteiger partial charge in [-0.2, -0.15) is 0 Å². The Kier molecular flexibility index (Phi) is 7.03. The zero-order valence-corrected chi connectivity index (χ0v) is 10.4. The Morgan fingerprint density at radius 2 is 1.80 bits per heavy atom. The second-order valence-corrected chi connectivity index (χ2v) is 4.96. The van der Waals surface area contributed by atoms with E-state index in [1.54, 1.807) is 0 Å². The molecule has 1 atom stereocenters. The van der Waals surface area contributed by atoms with Gasteiger partial charge in [-0.05, 0) is 44.8 Å². The lowest BCUT2D eigenvalue weighted by atomic mass is 10.0. The van der Waals surface area contributed by atoms with Crippen molar-refractivity contribution >= 4 is 0 Å². The van der Waals surface area contributed by atoms with E-state index in [-0.39, 0.29) is 0 Å². The highest BCUT2D eigenvalue weighted by molar-refractivity contribution is 4.69. The lowest BCUT2D eigenvalue weighted by Gasteiger charge is -2.25. The van der Waals surface area contributed by atoms with E-state index in [1.165, 1.54) is 64.6 Å². The molecule has 1 heterocycles. The Bertz CT molecular complexity index is 139. The summed E-state index contributed by atoms with van der Waals surface area (Å²) in [6, 6.07) is 0. The minimum atomic E-state index is 0.739. The van der Waals surface area contributed by atoms with Crippen LogP contribution in [0, 0.1) is 5.92 Å². The van der Waals surface area contributed by atoms with Gasteiger partial charge in [-0.15, -0.1) is 0 Å². The molecule has 0 spiro atoms. The number of likely N-dealkylation sites (tertiary alicyclic amines) is 1. The van der Waals surface area contributed by atoms with Crippen LogP contribution in [0.2, 0.25) is 0 Å². The molecule has 1 rings (SSSR count). The first-order valence-electron chi connectivity index (χ1n) is 6.79. The summed E-state index contributed by atoms with van der Waals surface area (Å²) >= 11 is 0. The second kappa shape index (κ2) is 8.12. The number of hydrogen-bond acceptors (Lipinski definition) is 2. The molecule has 2 nitrogen and oxygen atoms in total. The van der Waals surface area contributed by atoms with Crippen molar-refractivity contribution in [3.63, 3.8) is 0 Å². The van der Waals surface area contributed by atoms with Gasteiger partial charge in [0.1, 0.15) is 0 Å². The molecule has 0 aromatic heterocycles. The van der Waals surface area contributed by atoms with E-state index in [1.807, 2.05) is 0 Å². The molecule has 0 amide bonds. The maximum atomic E-state index is 5.84. The Hall–Kier alpha value is -0.0800. The van der Waals surface area contributed by atoms with Crippen LogP contribution < -0.4 is 5.73 Å². The monoisotopic (exact) mass is 212 g/mol. The van der Waals surface area contributed by atoms with Crippen molar-refractivity contribution in [3.8, 4) is 0 Å². The molecule has 2 heteroatoms. The standard InChI is InChI=1S/C13H28N2/c1-2-3-8-13(11-14)12-15-9-6-4-5-7-10-15/h13H,2-12,14H2,1H3. The molecule has 0 aromatic rings.